The van der Waals surface area contributed by atoms with Gasteiger partial charge in [-0.15, -0.1) is 11.3 Å². The first kappa shape index (κ1) is 12.0. The first-order valence-electron chi connectivity index (χ1n) is 5.19. The van der Waals surface area contributed by atoms with Crippen LogP contribution in [-0.4, -0.2) is 9.97 Å². The van der Waals surface area contributed by atoms with Gasteiger partial charge in [-0.2, -0.15) is 0 Å². The zero-order valence-corrected chi connectivity index (χ0v) is 11.1. The molecule has 0 unspecified atom stereocenters. The Balaban J connectivity index is 2.22. The second kappa shape index (κ2) is 5.25. The monoisotopic (exact) mass is 263 g/mol. The number of thiazole rings is 1. The molecule has 3 N–H and O–H groups in total. The number of anilines is 1. The number of hydrogen-bond donors (Lipinski definition) is 2. The fourth-order valence-corrected chi connectivity index (χ4v) is 2.32. The molecule has 0 bridgehead atoms. The third-order valence-corrected chi connectivity index (χ3v) is 3.46. The standard InChI is InChI=1S/C12H13N3S2/c1-8-3-2-4-10(12(13)16)11(8)15-6-9-5-14-7-17-9/h2-5,7,15H,6H2,1H3,(H2,13,16). The number of nitrogens with one attached hydrogen (secondary N) is 1. The van der Waals surface area contributed by atoms with Crippen LogP contribution < -0.4 is 11.1 Å². The minimum atomic E-state index is 0.417. The van der Waals surface area contributed by atoms with Crippen LogP contribution in [0.4, 0.5) is 5.69 Å². The van der Waals surface area contributed by atoms with Gasteiger partial charge in [0, 0.05) is 22.3 Å². The van der Waals surface area contributed by atoms with Gasteiger partial charge >= 0.3 is 0 Å². The molecular formula is C12H13N3S2. The number of aryl methyl sites for hydroxylation is 1. The van der Waals surface area contributed by atoms with Crippen molar-refractivity contribution in [3.05, 3.63) is 45.9 Å². The van der Waals surface area contributed by atoms with Crippen LogP contribution in [-0.2, 0) is 6.54 Å². The topological polar surface area (TPSA) is 50.9 Å². The molecule has 5 heteroatoms. The summed E-state index contributed by atoms with van der Waals surface area (Å²) in [4.78, 5) is 5.64. The largest absolute Gasteiger partial charge is 0.389 e. The Bertz CT molecular complexity index is 521. The zero-order valence-electron chi connectivity index (χ0n) is 9.43. The molecule has 1 aromatic carbocycles. The number of nitrogens with two attached hydrogens (primary N) is 1. The molecule has 2 aromatic rings. The molecule has 3 nitrogen and oxygen atoms in total. The fraction of sp³-hybridized carbons (Fsp3) is 0.167. The molecule has 0 atom stereocenters. The summed E-state index contributed by atoms with van der Waals surface area (Å²) < 4.78 is 0. The van der Waals surface area contributed by atoms with Crippen LogP contribution in [0.2, 0.25) is 0 Å². The molecule has 0 aliphatic heterocycles. The van der Waals surface area contributed by atoms with Crippen LogP contribution >= 0.6 is 23.6 Å². The normalized spacial score (nSPS) is 10.2. The molecule has 0 aliphatic carbocycles. The van der Waals surface area contributed by atoms with Crippen molar-refractivity contribution in [1.82, 2.24) is 4.98 Å². The molecule has 1 heterocycles. The summed E-state index contributed by atoms with van der Waals surface area (Å²) in [5.41, 5.74) is 10.6. The highest BCUT2D eigenvalue weighted by atomic mass is 32.1. The molecule has 0 spiro atoms. The maximum atomic E-state index is 5.71. The van der Waals surface area contributed by atoms with E-state index in [1.807, 2.05) is 36.8 Å². The van der Waals surface area contributed by atoms with Crippen LogP contribution in [0.15, 0.2) is 29.9 Å². The molecule has 2 rings (SSSR count). The van der Waals surface area contributed by atoms with Crippen molar-refractivity contribution in [2.45, 2.75) is 13.5 Å². The van der Waals surface area contributed by atoms with Gasteiger partial charge in [0.15, 0.2) is 0 Å². The van der Waals surface area contributed by atoms with Crippen molar-refractivity contribution in [3.63, 3.8) is 0 Å². The second-order valence-electron chi connectivity index (χ2n) is 3.68. The first-order valence-corrected chi connectivity index (χ1v) is 6.48. The Morgan fingerprint density at radius 1 is 1.53 bits per heavy atom. The average molecular weight is 263 g/mol. The molecular weight excluding hydrogens is 250 g/mol. The van der Waals surface area contributed by atoms with E-state index in [9.17, 15) is 0 Å². The van der Waals surface area contributed by atoms with Gasteiger partial charge in [-0.3, -0.25) is 4.98 Å². The van der Waals surface area contributed by atoms with Gasteiger partial charge in [-0.05, 0) is 18.6 Å². The molecule has 0 saturated heterocycles. The van der Waals surface area contributed by atoms with E-state index in [2.05, 4.69) is 10.3 Å². The number of para-hydroxylation sites is 1. The third-order valence-electron chi connectivity index (χ3n) is 2.46. The lowest BCUT2D eigenvalue weighted by Crippen LogP contribution is -2.13. The van der Waals surface area contributed by atoms with Crippen molar-refractivity contribution in [2.24, 2.45) is 5.73 Å². The second-order valence-corrected chi connectivity index (χ2v) is 5.09. The van der Waals surface area contributed by atoms with Crippen molar-refractivity contribution < 1.29 is 0 Å². The van der Waals surface area contributed by atoms with Crippen LogP contribution in [0, 0.1) is 6.92 Å². The van der Waals surface area contributed by atoms with E-state index in [-0.39, 0.29) is 0 Å². The Hall–Kier alpha value is -1.46. The van der Waals surface area contributed by atoms with E-state index in [1.165, 1.54) is 4.88 Å². The van der Waals surface area contributed by atoms with Gasteiger partial charge in [0.25, 0.3) is 0 Å². The van der Waals surface area contributed by atoms with Crippen molar-refractivity contribution in [1.29, 1.82) is 0 Å². The molecule has 17 heavy (non-hydrogen) atoms. The molecule has 0 aliphatic rings. The van der Waals surface area contributed by atoms with E-state index < -0.39 is 0 Å². The van der Waals surface area contributed by atoms with E-state index in [0.717, 1.165) is 23.4 Å². The molecule has 0 fully saturated rings. The van der Waals surface area contributed by atoms with Crippen molar-refractivity contribution in [2.75, 3.05) is 5.32 Å². The van der Waals surface area contributed by atoms with Gasteiger partial charge < -0.3 is 11.1 Å². The van der Waals surface area contributed by atoms with Crippen LogP contribution in [0.3, 0.4) is 0 Å². The Labute approximate surface area is 110 Å². The van der Waals surface area contributed by atoms with E-state index in [1.54, 1.807) is 11.3 Å². The predicted molar refractivity (Wildman–Crippen MR) is 76.5 cm³/mol. The minimum absolute atomic E-state index is 0.417. The minimum Gasteiger partial charge on any atom is -0.389 e. The summed E-state index contributed by atoms with van der Waals surface area (Å²) in [6.45, 7) is 2.78. The summed E-state index contributed by atoms with van der Waals surface area (Å²) in [5, 5.41) is 3.37. The lowest BCUT2D eigenvalue weighted by Gasteiger charge is -2.13. The highest BCUT2D eigenvalue weighted by Crippen LogP contribution is 2.21. The molecule has 0 amide bonds. The average Bonchev–Trinajstić information content (AvgIpc) is 2.80. The number of benzene rings is 1. The third kappa shape index (κ3) is 2.81. The lowest BCUT2D eigenvalue weighted by atomic mass is 10.1. The smallest absolute Gasteiger partial charge is 0.106 e. The molecule has 0 radical (unpaired) electrons. The molecule has 0 saturated carbocycles. The van der Waals surface area contributed by atoms with Gasteiger partial charge in [0.05, 0.1) is 12.1 Å². The highest BCUT2D eigenvalue weighted by molar-refractivity contribution is 7.80. The first-order chi connectivity index (χ1) is 8.18. The maximum absolute atomic E-state index is 5.71. The molecule has 88 valence electrons. The van der Waals surface area contributed by atoms with Crippen LogP contribution in [0.1, 0.15) is 16.0 Å². The van der Waals surface area contributed by atoms with E-state index in [4.69, 9.17) is 18.0 Å². The van der Waals surface area contributed by atoms with Gasteiger partial charge in [0.1, 0.15) is 4.99 Å². The number of hydrogen-bond acceptors (Lipinski definition) is 4. The zero-order chi connectivity index (χ0) is 12.3. The SMILES string of the molecule is Cc1cccc(C(N)=S)c1NCc1cncs1. The Morgan fingerprint density at radius 3 is 3.00 bits per heavy atom. The molecule has 1 aromatic heterocycles. The van der Waals surface area contributed by atoms with Crippen LogP contribution in [0.25, 0.3) is 0 Å². The summed E-state index contributed by atoms with van der Waals surface area (Å²) in [5.74, 6) is 0. The summed E-state index contributed by atoms with van der Waals surface area (Å²) in [6.07, 6.45) is 1.86. The number of thiocarbonyl (C=S) groups is 1. The summed E-state index contributed by atoms with van der Waals surface area (Å²) in [6, 6.07) is 5.93. The number of rotatable bonds is 4. The predicted octanol–water partition coefficient (Wildman–Crippen LogP) is 2.70. The quantitative estimate of drug-likeness (QED) is 0.833. The van der Waals surface area contributed by atoms with Crippen molar-refractivity contribution in [3.8, 4) is 0 Å². The Morgan fingerprint density at radius 2 is 2.35 bits per heavy atom. The van der Waals surface area contributed by atoms with Crippen molar-refractivity contribution >= 4 is 34.2 Å². The van der Waals surface area contributed by atoms with Gasteiger partial charge in [0.2, 0.25) is 0 Å². The Kier molecular flexibility index (Phi) is 3.71. The fourth-order valence-electron chi connectivity index (χ4n) is 1.61. The van der Waals surface area contributed by atoms with Gasteiger partial charge in [-0.1, -0.05) is 24.4 Å². The summed E-state index contributed by atoms with van der Waals surface area (Å²) in [7, 11) is 0. The van der Waals surface area contributed by atoms with E-state index >= 15 is 0 Å². The number of aromatic nitrogens is 1. The van der Waals surface area contributed by atoms with E-state index in [0.29, 0.717) is 4.99 Å². The van der Waals surface area contributed by atoms with Gasteiger partial charge in [-0.25, -0.2) is 0 Å². The highest BCUT2D eigenvalue weighted by Gasteiger charge is 2.07. The maximum Gasteiger partial charge on any atom is 0.106 e. The lowest BCUT2D eigenvalue weighted by molar-refractivity contribution is 1.16. The summed E-state index contributed by atoms with van der Waals surface area (Å²) >= 11 is 6.68. The van der Waals surface area contributed by atoms with Crippen LogP contribution in [0.5, 0.6) is 0 Å². The number of nitrogens with zero attached hydrogens (tertiary/aromatic N) is 1.